The molecule has 3 amide bonds. The van der Waals surface area contributed by atoms with Crippen LogP contribution in [0.4, 0.5) is 17.1 Å². The predicted octanol–water partition coefficient (Wildman–Crippen LogP) is 5.35. The number of thioether (sulfide) groups is 1. The smallest absolute Gasteiger partial charge is 0.283 e. The molecule has 4 aromatic rings. The Kier molecular flexibility index (Phi) is 6.02. The summed E-state index contributed by atoms with van der Waals surface area (Å²) in [6.07, 6.45) is 0. The van der Waals surface area contributed by atoms with E-state index in [4.69, 9.17) is 0 Å². The first-order valence-corrected chi connectivity index (χ1v) is 12.6. The minimum Gasteiger partial charge on any atom is -0.325 e. The Hall–Kier alpha value is -4.09. The zero-order valence-electron chi connectivity index (χ0n) is 19.1. The number of hydrogen-bond donors (Lipinski definition) is 1. The van der Waals surface area contributed by atoms with Crippen LogP contribution in [0.2, 0.25) is 0 Å². The molecule has 0 spiro atoms. The van der Waals surface area contributed by atoms with Crippen LogP contribution < -0.4 is 10.2 Å². The number of fused-ring (bicyclic) bond motifs is 2. The first kappa shape index (κ1) is 23.6. The minimum absolute atomic E-state index is 0.00436. The summed E-state index contributed by atoms with van der Waals surface area (Å²) in [5.74, 6) is -1.33. The van der Waals surface area contributed by atoms with E-state index in [1.54, 1.807) is 18.2 Å². The number of anilines is 2. The van der Waals surface area contributed by atoms with E-state index < -0.39 is 22.4 Å². The molecule has 0 saturated heterocycles. The molecule has 180 valence electrons. The van der Waals surface area contributed by atoms with Crippen molar-refractivity contribution in [1.29, 1.82) is 0 Å². The summed E-state index contributed by atoms with van der Waals surface area (Å²) in [4.78, 5) is 54.5. The van der Waals surface area contributed by atoms with Gasteiger partial charge in [-0.25, -0.2) is 9.88 Å². The molecule has 0 saturated carbocycles. The monoisotopic (exact) mass is 518 g/mol. The van der Waals surface area contributed by atoms with Crippen molar-refractivity contribution in [2.45, 2.75) is 18.2 Å². The first-order valence-electron chi connectivity index (χ1n) is 10.8. The normalized spacial score (nSPS) is 12.8. The van der Waals surface area contributed by atoms with Crippen LogP contribution in [-0.4, -0.2) is 33.4 Å². The molecule has 0 unspecified atom stereocenters. The lowest BCUT2D eigenvalue weighted by Gasteiger charge is -2.13. The van der Waals surface area contributed by atoms with Crippen LogP contribution in [0.15, 0.2) is 58.9 Å². The second kappa shape index (κ2) is 9.17. The number of imide groups is 1. The number of aryl methyl sites for hydroxylation is 2. The van der Waals surface area contributed by atoms with Crippen LogP contribution in [0.1, 0.15) is 31.8 Å². The van der Waals surface area contributed by atoms with Gasteiger partial charge in [0.05, 0.1) is 32.1 Å². The molecule has 0 radical (unpaired) electrons. The molecule has 11 heteroatoms. The number of nitrogens with zero attached hydrogens (tertiary/aromatic N) is 3. The summed E-state index contributed by atoms with van der Waals surface area (Å²) in [7, 11) is 0. The molecule has 1 aromatic heterocycles. The van der Waals surface area contributed by atoms with Crippen molar-refractivity contribution in [2.75, 3.05) is 16.0 Å². The zero-order chi connectivity index (χ0) is 25.6. The number of hydrogen-bond acceptors (Lipinski definition) is 8. The van der Waals surface area contributed by atoms with Crippen molar-refractivity contribution in [3.8, 4) is 0 Å². The van der Waals surface area contributed by atoms with Gasteiger partial charge < -0.3 is 5.32 Å². The fourth-order valence-electron chi connectivity index (χ4n) is 3.93. The van der Waals surface area contributed by atoms with Crippen molar-refractivity contribution in [2.24, 2.45) is 0 Å². The molecule has 0 atom stereocenters. The third-order valence-corrected chi connectivity index (χ3v) is 7.86. The first-order chi connectivity index (χ1) is 17.2. The lowest BCUT2D eigenvalue weighted by atomic mass is 10.1. The largest absolute Gasteiger partial charge is 0.325 e. The maximum Gasteiger partial charge on any atom is 0.283 e. The molecule has 0 bridgehead atoms. The predicted molar refractivity (Wildman–Crippen MR) is 139 cm³/mol. The van der Waals surface area contributed by atoms with Crippen molar-refractivity contribution in [3.05, 3.63) is 87.0 Å². The molecule has 36 heavy (non-hydrogen) atoms. The molecule has 1 aliphatic rings. The van der Waals surface area contributed by atoms with Crippen LogP contribution in [-0.2, 0) is 4.79 Å². The Balaban J connectivity index is 1.34. The van der Waals surface area contributed by atoms with Crippen LogP contribution in [0.3, 0.4) is 0 Å². The number of nitro groups is 1. The zero-order valence-corrected chi connectivity index (χ0v) is 20.7. The lowest BCUT2D eigenvalue weighted by Crippen LogP contribution is -2.29. The summed E-state index contributed by atoms with van der Waals surface area (Å²) in [6, 6.07) is 14.8. The summed E-state index contributed by atoms with van der Waals surface area (Å²) in [5, 5.41) is 14.3. The van der Waals surface area contributed by atoms with E-state index in [0.717, 1.165) is 26.4 Å². The Bertz CT molecular complexity index is 1600. The lowest BCUT2D eigenvalue weighted by molar-refractivity contribution is -0.385. The van der Waals surface area contributed by atoms with E-state index in [2.05, 4.69) is 10.3 Å². The number of nitrogens with one attached hydrogen (secondary N) is 1. The summed E-state index contributed by atoms with van der Waals surface area (Å²) < 4.78 is 1.38. The average molecular weight is 519 g/mol. The topological polar surface area (TPSA) is 123 Å². The van der Waals surface area contributed by atoms with Crippen LogP contribution >= 0.6 is 23.1 Å². The highest BCUT2D eigenvalue weighted by Crippen LogP contribution is 2.37. The third kappa shape index (κ3) is 4.23. The molecule has 2 heterocycles. The van der Waals surface area contributed by atoms with Gasteiger partial charge in [-0.15, -0.1) is 11.3 Å². The summed E-state index contributed by atoms with van der Waals surface area (Å²) in [6.45, 7) is 3.89. The molecule has 0 aliphatic carbocycles. The molecular weight excluding hydrogens is 500 g/mol. The van der Waals surface area contributed by atoms with Gasteiger partial charge in [0.2, 0.25) is 5.91 Å². The Labute approximate surface area is 213 Å². The van der Waals surface area contributed by atoms with Gasteiger partial charge >= 0.3 is 0 Å². The molecule has 5 rings (SSSR count). The fraction of sp³-hybridized carbons (Fsp3) is 0.120. The number of thiazole rings is 1. The second-order valence-electron chi connectivity index (χ2n) is 8.19. The standard InChI is InChI=1S/C25H18N4O5S2/c1-13-6-7-14(2)18(10-13)26-21(30)12-35-25-27-17-9-8-15(11-20(17)36-25)28-23(31)16-4-3-5-19(29(33)34)22(16)24(28)32/h3-11H,12H2,1-2H3,(H,26,30). The molecular formula is C25H18N4O5S2. The van der Waals surface area contributed by atoms with Crippen molar-refractivity contribution in [3.63, 3.8) is 0 Å². The second-order valence-corrected chi connectivity index (χ2v) is 10.4. The highest BCUT2D eigenvalue weighted by Gasteiger charge is 2.41. The van der Waals surface area contributed by atoms with E-state index in [1.807, 2.05) is 32.0 Å². The Morgan fingerprint density at radius 3 is 2.69 bits per heavy atom. The highest BCUT2D eigenvalue weighted by molar-refractivity contribution is 8.01. The number of nitro benzene ring substituents is 1. The maximum atomic E-state index is 13.0. The number of carbonyl (C=O) groups is 3. The molecule has 1 aliphatic heterocycles. The minimum atomic E-state index is -0.733. The molecule has 0 fully saturated rings. The molecule has 9 nitrogen and oxygen atoms in total. The van der Waals surface area contributed by atoms with Gasteiger partial charge in [0.1, 0.15) is 5.56 Å². The van der Waals surface area contributed by atoms with Crippen LogP contribution in [0, 0.1) is 24.0 Å². The fourth-order valence-corrected chi connectivity index (χ4v) is 5.83. The van der Waals surface area contributed by atoms with Gasteiger partial charge in [-0.3, -0.25) is 24.5 Å². The van der Waals surface area contributed by atoms with Crippen molar-refractivity contribution >= 4 is 68.1 Å². The van der Waals surface area contributed by atoms with E-state index in [-0.39, 0.29) is 22.8 Å². The summed E-state index contributed by atoms with van der Waals surface area (Å²) in [5.41, 5.74) is 3.16. The van der Waals surface area contributed by atoms with Crippen molar-refractivity contribution < 1.29 is 19.3 Å². The van der Waals surface area contributed by atoms with E-state index >= 15 is 0 Å². The molecule has 3 aromatic carbocycles. The van der Waals surface area contributed by atoms with Gasteiger partial charge in [0.15, 0.2) is 4.34 Å². The number of benzene rings is 3. The van der Waals surface area contributed by atoms with Gasteiger partial charge in [0.25, 0.3) is 17.5 Å². The number of rotatable bonds is 6. The van der Waals surface area contributed by atoms with Gasteiger partial charge in [0, 0.05) is 11.8 Å². The van der Waals surface area contributed by atoms with E-state index in [9.17, 15) is 24.5 Å². The van der Waals surface area contributed by atoms with E-state index in [0.29, 0.717) is 15.5 Å². The van der Waals surface area contributed by atoms with Crippen molar-refractivity contribution in [1.82, 2.24) is 4.98 Å². The Morgan fingerprint density at radius 1 is 1.11 bits per heavy atom. The SMILES string of the molecule is Cc1ccc(C)c(NC(=O)CSc2nc3ccc(N4C(=O)c5cccc([N+](=O)[O-])c5C4=O)cc3s2)c1. The van der Waals surface area contributed by atoms with Crippen LogP contribution in [0.5, 0.6) is 0 Å². The van der Waals surface area contributed by atoms with Crippen LogP contribution in [0.25, 0.3) is 10.2 Å². The molecule has 1 N–H and O–H groups in total. The highest BCUT2D eigenvalue weighted by atomic mass is 32.2. The van der Waals surface area contributed by atoms with Gasteiger partial charge in [-0.05, 0) is 55.3 Å². The number of carbonyl (C=O) groups excluding carboxylic acids is 3. The summed E-state index contributed by atoms with van der Waals surface area (Å²) >= 11 is 2.62. The quantitative estimate of drug-likeness (QED) is 0.158. The Morgan fingerprint density at radius 2 is 1.92 bits per heavy atom. The maximum absolute atomic E-state index is 13.0. The number of aromatic nitrogens is 1. The number of amides is 3. The third-order valence-electron chi connectivity index (χ3n) is 5.69. The van der Waals surface area contributed by atoms with Gasteiger partial charge in [-0.2, -0.15) is 0 Å². The average Bonchev–Trinajstić information content (AvgIpc) is 3.37. The van der Waals surface area contributed by atoms with Gasteiger partial charge in [-0.1, -0.05) is 30.0 Å². The van der Waals surface area contributed by atoms with E-state index in [1.165, 1.54) is 41.3 Å².